The average molecular weight is 353 g/mol. The molecule has 0 amide bonds. The Kier molecular flexibility index (Phi) is 5.70. The summed E-state index contributed by atoms with van der Waals surface area (Å²) in [6.45, 7) is 5.95. The second-order valence-electron chi connectivity index (χ2n) is 5.18. The van der Waals surface area contributed by atoms with Crippen LogP contribution in [-0.2, 0) is 6.54 Å². The maximum Gasteiger partial charge on any atom is 0.150 e. The third-order valence-electron chi connectivity index (χ3n) is 2.85. The van der Waals surface area contributed by atoms with Crippen molar-refractivity contribution in [3.05, 3.63) is 52.5 Å². The molecule has 0 spiro atoms. The van der Waals surface area contributed by atoms with Crippen LogP contribution >= 0.6 is 15.9 Å². The van der Waals surface area contributed by atoms with E-state index in [1.54, 1.807) is 18.5 Å². The van der Waals surface area contributed by atoms with Crippen molar-refractivity contribution >= 4 is 15.9 Å². The molecule has 1 aromatic heterocycles. The van der Waals surface area contributed by atoms with Gasteiger partial charge in [-0.15, -0.1) is 0 Å². The summed E-state index contributed by atoms with van der Waals surface area (Å²) in [7, 11) is 0. The van der Waals surface area contributed by atoms with Crippen molar-refractivity contribution in [2.75, 3.05) is 6.54 Å². The molecule has 1 aromatic carbocycles. The fourth-order valence-electron chi connectivity index (χ4n) is 1.82. The van der Waals surface area contributed by atoms with E-state index in [1.807, 2.05) is 6.07 Å². The van der Waals surface area contributed by atoms with Crippen LogP contribution in [0, 0.1) is 11.7 Å². The van der Waals surface area contributed by atoms with Gasteiger partial charge in [-0.05, 0) is 52.7 Å². The van der Waals surface area contributed by atoms with E-state index in [4.69, 9.17) is 4.74 Å². The van der Waals surface area contributed by atoms with E-state index in [1.165, 1.54) is 12.1 Å². The predicted molar refractivity (Wildman–Crippen MR) is 85.0 cm³/mol. The van der Waals surface area contributed by atoms with Crippen LogP contribution in [0.5, 0.6) is 11.5 Å². The van der Waals surface area contributed by atoms with Crippen LogP contribution in [-0.4, -0.2) is 11.5 Å². The minimum Gasteiger partial charge on any atom is -0.454 e. The lowest BCUT2D eigenvalue weighted by atomic mass is 10.2. The number of ether oxygens (including phenoxy) is 1. The highest BCUT2D eigenvalue weighted by molar-refractivity contribution is 9.10. The first-order chi connectivity index (χ1) is 10.1. The van der Waals surface area contributed by atoms with E-state index < -0.39 is 0 Å². The molecule has 21 heavy (non-hydrogen) atoms. The first-order valence-electron chi connectivity index (χ1n) is 6.82. The summed E-state index contributed by atoms with van der Waals surface area (Å²) in [5.41, 5.74) is 1.02. The fraction of sp³-hybridized carbons (Fsp3) is 0.312. The van der Waals surface area contributed by atoms with Gasteiger partial charge in [-0.25, -0.2) is 4.39 Å². The summed E-state index contributed by atoms with van der Waals surface area (Å²) < 4.78 is 19.5. The van der Waals surface area contributed by atoms with Crippen LogP contribution in [0.25, 0.3) is 0 Å². The zero-order valence-electron chi connectivity index (χ0n) is 12.1. The van der Waals surface area contributed by atoms with Gasteiger partial charge in [-0.3, -0.25) is 4.98 Å². The maximum absolute atomic E-state index is 13.1. The molecule has 1 heterocycles. The maximum atomic E-state index is 13.1. The number of aromatic nitrogens is 1. The Labute approximate surface area is 132 Å². The van der Waals surface area contributed by atoms with Crippen molar-refractivity contribution < 1.29 is 9.13 Å². The zero-order chi connectivity index (χ0) is 15.2. The van der Waals surface area contributed by atoms with Gasteiger partial charge in [0.15, 0.2) is 0 Å². The van der Waals surface area contributed by atoms with Gasteiger partial charge in [0.2, 0.25) is 0 Å². The Hall–Kier alpha value is -1.46. The Morgan fingerprint density at radius 3 is 2.81 bits per heavy atom. The zero-order valence-corrected chi connectivity index (χ0v) is 13.7. The standard InChI is InChI=1S/C16H18BrFN2O/c1-11(2)8-20-9-12-5-6-19-10-16(12)21-15-4-3-13(18)7-14(15)17/h3-7,10-11,20H,8-9H2,1-2H3. The lowest BCUT2D eigenvalue weighted by Gasteiger charge is -2.13. The first-order valence-corrected chi connectivity index (χ1v) is 7.62. The molecule has 0 saturated carbocycles. The minimum atomic E-state index is -0.306. The topological polar surface area (TPSA) is 34.2 Å². The average Bonchev–Trinajstić information content (AvgIpc) is 2.43. The smallest absolute Gasteiger partial charge is 0.150 e. The van der Waals surface area contributed by atoms with Gasteiger partial charge in [0.1, 0.15) is 17.3 Å². The number of nitrogens with one attached hydrogen (secondary N) is 1. The van der Waals surface area contributed by atoms with E-state index in [0.717, 1.165) is 12.1 Å². The highest BCUT2D eigenvalue weighted by Gasteiger charge is 2.08. The third-order valence-corrected chi connectivity index (χ3v) is 3.47. The summed E-state index contributed by atoms with van der Waals surface area (Å²) in [5.74, 6) is 1.51. The summed E-state index contributed by atoms with van der Waals surface area (Å²) in [5, 5.41) is 3.37. The van der Waals surface area contributed by atoms with Gasteiger partial charge in [0.25, 0.3) is 0 Å². The molecule has 0 fully saturated rings. The molecule has 2 rings (SSSR count). The quantitative estimate of drug-likeness (QED) is 0.829. The van der Waals surface area contributed by atoms with Gasteiger partial charge in [0.05, 0.1) is 10.7 Å². The van der Waals surface area contributed by atoms with Crippen LogP contribution < -0.4 is 10.1 Å². The normalized spacial score (nSPS) is 10.9. The number of rotatable bonds is 6. The third kappa shape index (κ3) is 4.79. The molecule has 0 saturated heterocycles. The van der Waals surface area contributed by atoms with Crippen molar-refractivity contribution in [2.24, 2.45) is 5.92 Å². The number of hydrogen-bond donors (Lipinski definition) is 1. The number of hydrogen-bond acceptors (Lipinski definition) is 3. The predicted octanol–water partition coefficient (Wildman–Crippen LogP) is 4.52. The lowest BCUT2D eigenvalue weighted by molar-refractivity contribution is 0.462. The van der Waals surface area contributed by atoms with Crippen LogP contribution in [0.1, 0.15) is 19.4 Å². The van der Waals surface area contributed by atoms with Crippen molar-refractivity contribution in [2.45, 2.75) is 20.4 Å². The van der Waals surface area contributed by atoms with E-state index in [2.05, 4.69) is 40.1 Å². The summed E-state index contributed by atoms with van der Waals surface area (Å²) in [6.07, 6.45) is 3.40. The highest BCUT2D eigenvalue weighted by Crippen LogP contribution is 2.31. The van der Waals surface area contributed by atoms with E-state index in [0.29, 0.717) is 28.4 Å². The molecule has 0 aliphatic heterocycles. The fourth-order valence-corrected chi connectivity index (χ4v) is 2.25. The molecule has 0 aliphatic carbocycles. The molecule has 0 atom stereocenters. The van der Waals surface area contributed by atoms with Crippen LogP contribution in [0.3, 0.4) is 0 Å². The van der Waals surface area contributed by atoms with Gasteiger partial charge in [-0.1, -0.05) is 13.8 Å². The Bertz CT molecular complexity index is 605. The molecule has 0 unspecified atom stereocenters. The largest absolute Gasteiger partial charge is 0.454 e. The van der Waals surface area contributed by atoms with Crippen LogP contribution in [0.4, 0.5) is 4.39 Å². The highest BCUT2D eigenvalue weighted by atomic mass is 79.9. The number of halogens is 2. The molecule has 0 radical (unpaired) electrons. The van der Waals surface area contributed by atoms with Gasteiger partial charge in [0, 0.05) is 18.3 Å². The molecule has 0 aliphatic rings. The number of pyridine rings is 1. The molecule has 1 N–H and O–H groups in total. The van der Waals surface area contributed by atoms with Gasteiger partial charge in [-0.2, -0.15) is 0 Å². The molecule has 2 aromatic rings. The monoisotopic (exact) mass is 352 g/mol. The molecule has 112 valence electrons. The summed E-state index contributed by atoms with van der Waals surface area (Å²) in [6, 6.07) is 6.26. The van der Waals surface area contributed by atoms with E-state index >= 15 is 0 Å². The number of nitrogens with zero attached hydrogens (tertiary/aromatic N) is 1. The first kappa shape index (κ1) is 15.9. The van der Waals surface area contributed by atoms with Crippen molar-refractivity contribution in [3.8, 4) is 11.5 Å². The Balaban J connectivity index is 2.12. The van der Waals surface area contributed by atoms with Crippen LogP contribution in [0.15, 0.2) is 41.1 Å². The Morgan fingerprint density at radius 2 is 2.10 bits per heavy atom. The molecular weight excluding hydrogens is 335 g/mol. The van der Waals surface area contributed by atoms with Gasteiger partial charge < -0.3 is 10.1 Å². The second kappa shape index (κ2) is 7.52. The number of benzene rings is 1. The lowest BCUT2D eigenvalue weighted by Crippen LogP contribution is -2.19. The molecule has 5 heteroatoms. The summed E-state index contributed by atoms with van der Waals surface area (Å²) in [4.78, 5) is 4.09. The molecule has 0 bridgehead atoms. The SMILES string of the molecule is CC(C)CNCc1ccncc1Oc1ccc(F)cc1Br. The van der Waals surface area contributed by atoms with E-state index in [-0.39, 0.29) is 5.82 Å². The Morgan fingerprint density at radius 1 is 1.29 bits per heavy atom. The van der Waals surface area contributed by atoms with Crippen molar-refractivity contribution in [1.29, 1.82) is 0 Å². The van der Waals surface area contributed by atoms with Crippen molar-refractivity contribution in [3.63, 3.8) is 0 Å². The minimum absolute atomic E-state index is 0.306. The molecule has 3 nitrogen and oxygen atoms in total. The summed E-state index contributed by atoms with van der Waals surface area (Å²) >= 11 is 3.30. The van der Waals surface area contributed by atoms with E-state index in [9.17, 15) is 4.39 Å². The van der Waals surface area contributed by atoms with Crippen molar-refractivity contribution in [1.82, 2.24) is 10.3 Å². The molecular formula is C16H18BrFN2O. The second-order valence-corrected chi connectivity index (χ2v) is 6.04. The van der Waals surface area contributed by atoms with Crippen LogP contribution in [0.2, 0.25) is 0 Å². The van der Waals surface area contributed by atoms with Gasteiger partial charge >= 0.3 is 0 Å².